The number of guanidine groups is 1. The molecule has 0 saturated carbocycles. The number of aliphatic imine (C=N–C) groups is 1. The highest BCUT2D eigenvalue weighted by atomic mass is 32.1. The molecule has 0 bridgehead atoms. The van der Waals surface area contributed by atoms with Crippen molar-refractivity contribution in [2.45, 2.75) is 44.8 Å². The Labute approximate surface area is 190 Å². The number of thiophene rings is 1. The maximum absolute atomic E-state index is 12.0. The Morgan fingerprint density at radius 2 is 2.03 bits per heavy atom. The lowest BCUT2D eigenvalue weighted by Crippen LogP contribution is -2.51. The Balaban J connectivity index is 1.54. The molecule has 31 heavy (non-hydrogen) atoms. The van der Waals surface area contributed by atoms with Gasteiger partial charge in [-0.1, -0.05) is 36.4 Å². The fourth-order valence-electron chi connectivity index (χ4n) is 3.80. The zero-order valence-corrected chi connectivity index (χ0v) is 19.7. The summed E-state index contributed by atoms with van der Waals surface area (Å²) >= 11 is 1.77. The van der Waals surface area contributed by atoms with Crippen molar-refractivity contribution < 1.29 is 4.79 Å². The molecule has 7 heteroatoms. The predicted octanol–water partition coefficient (Wildman–Crippen LogP) is 2.97. The van der Waals surface area contributed by atoms with E-state index in [0.717, 1.165) is 44.9 Å². The molecule has 0 radical (unpaired) electrons. The molecule has 3 rings (SSSR count). The van der Waals surface area contributed by atoms with Crippen LogP contribution in [0.25, 0.3) is 0 Å². The Hall–Kier alpha value is -2.38. The second kappa shape index (κ2) is 11.9. The highest BCUT2D eigenvalue weighted by Crippen LogP contribution is 2.20. The van der Waals surface area contributed by atoms with Crippen LogP contribution >= 0.6 is 11.3 Å². The van der Waals surface area contributed by atoms with E-state index in [2.05, 4.69) is 75.3 Å². The van der Waals surface area contributed by atoms with Gasteiger partial charge in [0, 0.05) is 50.7 Å². The lowest BCUT2D eigenvalue weighted by atomic mass is 9.97. The summed E-state index contributed by atoms with van der Waals surface area (Å²) in [5, 5.41) is 9.12. The van der Waals surface area contributed by atoms with Crippen LogP contribution in [0.2, 0.25) is 0 Å². The van der Waals surface area contributed by atoms with E-state index in [4.69, 9.17) is 0 Å². The van der Waals surface area contributed by atoms with Gasteiger partial charge >= 0.3 is 0 Å². The molecular formula is C24H35N5OS. The van der Waals surface area contributed by atoms with Crippen molar-refractivity contribution in [2.75, 3.05) is 33.7 Å². The zero-order chi connectivity index (χ0) is 22.1. The first-order chi connectivity index (χ1) is 15.0. The number of carbonyl (C=O) groups is 1. The Morgan fingerprint density at radius 3 is 2.71 bits per heavy atom. The molecule has 2 heterocycles. The number of likely N-dealkylation sites (N-methyl/N-ethyl adjacent to an activating group) is 1. The summed E-state index contributed by atoms with van der Waals surface area (Å²) in [6.45, 7) is 5.29. The van der Waals surface area contributed by atoms with Crippen LogP contribution in [0.3, 0.4) is 0 Å². The van der Waals surface area contributed by atoms with E-state index in [1.165, 1.54) is 10.4 Å². The molecular weight excluding hydrogens is 406 g/mol. The van der Waals surface area contributed by atoms with Gasteiger partial charge in [-0.05, 0) is 43.2 Å². The average molecular weight is 442 g/mol. The molecule has 1 aliphatic heterocycles. The van der Waals surface area contributed by atoms with Crippen molar-refractivity contribution in [3.63, 3.8) is 0 Å². The van der Waals surface area contributed by atoms with E-state index in [0.29, 0.717) is 12.1 Å². The van der Waals surface area contributed by atoms with Crippen LogP contribution in [0.1, 0.15) is 30.2 Å². The Morgan fingerprint density at radius 1 is 1.23 bits per heavy atom. The number of hydrogen-bond acceptors (Lipinski definition) is 4. The highest BCUT2D eigenvalue weighted by Gasteiger charge is 2.26. The van der Waals surface area contributed by atoms with E-state index >= 15 is 0 Å². The summed E-state index contributed by atoms with van der Waals surface area (Å²) in [6, 6.07) is 15.7. The normalized spacial score (nSPS) is 19.8. The van der Waals surface area contributed by atoms with Gasteiger partial charge < -0.3 is 15.5 Å². The van der Waals surface area contributed by atoms with E-state index in [9.17, 15) is 4.79 Å². The molecule has 6 nitrogen and oxygen atoms in total. The first-order valence-corrected chi connectivity index (χ1v) is 11.9. The quantitative estimate of drug-likeness (QED) is 0.488. The van der Waals surface area contributed by atoms with Gasteiger partial charge in [0.2, 0.25) is 5.91 Å². The number of benzene rings is 1. The molecule has 1 aromatic heterocycles. The summed E-state index contributed by atoms with van der Waals surface area (Å²) in [7, 11) is 3.53. The third kappa shape index (κ3) is 7.67. The van der Waals surface area contributed by atoms with E-state index in [1.54, 1.807) is 30.3 Å². The van der Waals surface area contributed by atoms with Gasteiger partial charge in [-0.2, -0.15) is 0 Å². The first kappa shape index (κ1) is 23.3. The van der Waals surface area contributed by atoms with Gasteiger partial charge in [-0.15, -0.1) is 11.3 Å². The van der Waals surface area contributed by atoms with Crippen molar-refractivity contribution >= 4 is 23.2 Å². The minimum atomic E-state index is 0.00500. The van der Waals surface area contributed by atoms with Gasteiger partial charge in [0.1, 0.15) is 6.54 Å². The van der Waals surface area contributed by atoms with Crippen molar-refractivity contribution in [1.82, 2.24) is 20.4 Å². The van der Waals surface area contributed by atoms with Crippen LogP contribution in [-0.2, 0) is 17.8 Å². The summed E-state index contributed by atoms with van der Waals surface area (Å²) in [6.07, 6.45) is 3.07. The van der Waals surface area contributed by atoms with Crippen molar-refractivity contribution in [1.29, 1.82) is 0 Å². The number of nitrogens with one attached hydrogen (secondary N) is 2. The topological polar surface area (TPSA) is 60.0 Å². The molecule has 1 fully saturated rings. The molecule has 2 unspecified atom stereocenters. The zero-order valence-electron chi connectivity index (χ0n) is 18.9. The number of carbonyl (C=O) groups excluding carboxylic acids is 1. The van der Waals surface area contributed by atoms with Gasteiger partial charge in [-0.3, -0.25) is 9.69 Å². The number of rotatable bonds is 8. The third-order valence-electron chi connectivity index (χ3n) is 5.70. The molecule has 1 amide bonds. The van der Waals surface area contributed by atoms with Crippen LogP contribution < -0.4 is 10.6 Å². The van der Waals surface area contributed by atoms with Gasteiger partial charge in [-0.25, -0.2) is 4.99 Å². The molecule has 168 valence electrons. The number of nitrogens with zero attached hydrogens (tertiary/aromatic N) is 3. The van der Waals surface area contributed by atoms with Crippen molar-refractivity contribution in [3.8, 4) is 0 Å². The van der Waals surface area contributed by atoms with Gasteiger partial charge in [0.05, 0.1) is 0 Å². The van der Waals surface area contributed by atoms with E-state index in [-0.39, 0.29) is 12.5 Å². The summed E-state index contributed by atoms with van der Waals surface area (Å²) in [5.74, 6) is 0.742. The van der Waals surface area contributed by atoms with Gasteiger partial charge in [0.25, 0.3) is 0 Å². The maximum atomic E-state index is 12.0. The second-order valence-electron chi connectivity index (χ2n) is 8.38. The molecule has 2 atom stereocenters. The van der Waals surface area contributed by atoms with E-state index < -0.39 is 0 Å². The minimum absolute atomic E-state index is 0.00500. The van der Waals surface area contributed by atoms with Crippen LogP contribution in [-0.4, -0.2) is 67.5 Å². The fourth-order valence-corrected chi connectivity index (χ4v) is 4.51. The number of hydrogen-bond donors (Lipinski definition) is 2. The minimum Gasteiger partial charge on any atom is -0.356 e. The van der Waals surface area contributed by atoms with Crippen LogP contribution in [0.5, 0.6) is 0 Å². The molecule has 2 aromatic rings. The monoisotopic (exact) mass is 441 g/mol. The van der Waals surface area contributed by atoms with Gasteiger partial charge in [0.15, 0.2) is 5.96 Å². The molecule has 1 aliphatic rings. The van der Waals surface area contributed by atoms with Crippen molar-refractivity contribution in [2.24, 2.45) is 4.99 Å². The van der Waals surface area contributed by atoms with Crippen molar-refractivity contribution in [3.05, 3.63) is 58.3 Å². The predicted molar refractivity (Wildman–Crippen MR) is 129 cm³/mol. The average Bonchev–Trinajstić information content (AvgIpc) is 3.27. The van der Waals surface area contributed by atoms with E-state index in [1.807, 2.05) is 0 Å². The highest BCUT2D eigenvalue weighted by molar-refractivity contribution is 7.09. The molecule has 0 aliphatic carbocycles. The maximum Gasteiger partial charge on any atom is 0.243 e. The number of piperidine rings is 1. The third-order valence-corrected chi connectivity index (χ3v) is 6.63. The smallest absolute Gasteiger partial charge is 0.243 e. The summed E-state index contributed by atoms with van der Waals surface area (Å²) in [5.41, 5.74) is 1.36. The largest absolute Gasteiger partial charge is 0.356 e. The first-order valence-electron chi connectivity index (χ1n) is 11.1. The fraction of sp³-hybridized carbons (Fsp3) is 0.500. The van der Waals surface area contributed by atoms with Crippen LogP contribution in [0.15, 0.2) is 52.8 Å². The second-order valence-corrected chi connectivity index (χ2v) is 9.41. The van der Waals surface area contributed by atoms with Crippen LogP contribution in [0.4, 0.5) is 0 Å². The lowest BCUT2D eigenvalue weighted by molar-refractivity contribution is -0.127. The summed E-state index contributed by atoms with van der Waals surface area (Å²) in [4.78, 5) is 22.1. The molecule has 1 aromatic carbocycles. The lowest BCUT2D eigenvalue weighted by Gasteiger charge is -2.38. The molecule has 1 saturated heterocycles. The number of likely N-dealkylation sites (tertiary alicyclic amines) is 1. The standard InChI is InChI=1S/C24H35N5OS/c1-19-16-21(12-14-29(19)18-20-8-5-4-6-9-20)27-24(26-17-23(30)28(2)3)25-13-11-22-10-7-15-31-22/h4-10,15,19,21H,11-14,16-18H2,1-3H3,(H2,25,26,27). The number of amides is 1. The van der Waals surface area contributed by atoms with Crippen LogP contribution in [0, 0.1) is 0 Å². The molecule has 2 N–H and O–H groups in total. The SMILES string of the molecule is CC1CC(NC(=NCC(=O)N(C)C)NCCc2cccs2)CCN1Cc1ccccc1. The molecule has 0 spiro atoms. The Kier molecular flexibility index (Phi) is 8.91. The Bertz CT molecular complexity index is 822. The summed E-state index contributed by atoms with van der Waals surface area (Å²) < 4.78 is 0.